The monoisotopic (exact) mass is 445 g/mol. The summed E-state index contributed by atoms with van der Waals surface area (Å²) >= 11 is 5.23. The number of aromatic amines is 1. The van der Waals surface area contributed by atoms with E-state index in [-0.39, 0.29) is 33.9 Å². The molecule has 3 aromatic rings. The van der Waals surface area contributed by atoms with E-state index < -0.39 is 4.92 Å². The Hall–Kier alpha value is -3.60. The van der Waals surface area contributed by atoms with E-state index in [1.165, 1.54) is 36.2 Å². The standard InChI is InChI=1S/C20H20FN5O4S/c1-12(2)30-19-16(26(27)28)8-14(9-17(19)29-3)11-22-25-18(23-24-20(25)31)10-13-4-6-15(21)7-5-13/h4-9,11-12H,10H2,1-3H3,(H,24,31)/b22-11-. The summed E-state index contributed by atoms with van der Waals surface area (Å²) in [5.41, 5.74) is 0.992. The zero-order valence-corrected chi connectivity index (χ0v) is 17.9. The van der Waals surface area contributed by atoms with E-state index in [9.17, 15) is 14.5 Å². The molecule has 0 spiro atoms. The summed E-state index contributed by atoms with van der Waals surface area (Å²) in [6.45, 7) is 3.53. The number of aromatic nitrogens is 3. The number of nitro groups is 1. The molecule has 0 fully saturated rings. The Balaban J connectivity index is 1.96. The molecular weight excluding hydrogens is 425 g/mol. The van der Waals surface area contributed by atoms with Gasteiger partial charge in [-0.05, 0) is 49.8 Å². The summed E-state index contributed by atoms with van der Waals surface area (Å²) in [4.78, 5) is 11.0. The summed E-state index contributed by atoms with van der Waals surface area (Å²) in [6, 6.07) is 8.92. The summed E-state index contributed by atoms with van der Waals surface area (Å²) in [7, 11) is 1.40. The molecule has 0 bridgehead atoms. The Morgan fingerprint density at radius 1 is 1.35 bits per heavy atom. The number of nitrogens with zero attached hydrogens (tertiary/aromatic N) is 4. The lowest BCUT2D eigenvalue weighted by atomic mass is 10.1. The average molecular weight is 445 g/mol. The molecule has 0 saturated carbocycles. The molecule has 0 aliphatic heterocycles. The van der Waals surface area contributed by atoms with Gasteiger partial charge in [-0.1, -0.05) is 12.1 Å². The van der Waals surface area contributed by atoms with Gasteiger partial charge in [0.15, 0.2) is 11.6 Å². The van der Waals surface area contributed by atoms with Gasteiger partial charge < -0.3 is 9.47 Å². The fraction of sp³-hybridized carbons (Fsp3) is 0.250. The van der Waals surface area contributed by atoms with Crippen LogP contribution < -0.4 is 9.47 Å². The fourth-order valence-electron chi connectivity index (χ4n) is 2.79. The molecule has 162 valence electrons. The minimum absolute atomic E-state index is 0.0524. The first-order valence-corrected chi connectivity index (χ1v) is 9.67. The number of methoxy groups -OCH3 is 1. The molecule has 0 aliphatic rings. The highest BCUT2D eigenvalue weighted by atomic mass is 32.1. The lowest BCUT2D eigenvalue weighted by Gasteiger charge is -2.14. The topological polar surface area (TPSA) is 108 Å². The van der Waals surface area contributed by atoms with Gasteiger partial charge in [-0.3, -0.25) is 15.2 Å². The minimum Gasteiger partial charge on any atom is -0.493 e. The Bertz CT molecular complexity index is 1170. The van der Waals surface area contributed by atoms with Crippen LogP contribution >= 0.6 is 12.2 Å². The first-order valence-electron chi connectivity index (χ1n) is 9.26. The van der Waals surface area contributed by atoms with Crippen LogP contribution in [0.5, 0.6) is 11.5 Å². The van der Waals surface area contributed by atoms with Crippen LogP contribution in [0.2, 0.25) is 0 Å². The highest BCUT2D eigenvalue weighted by Gasteiger charge is 2.23. The molecule has 0 amide bonds. The van der Waals surface area contributed by atoms with E-state index in [2.05, 4.69) is 15.3 Å². The molecule has 1 heterocycles. The Morgan fingerprint density at radius 2 is 2.06 bits per heavy atom. The van der Waals surface area contributed by atoms with Crippen LogP contribution in [0.3, 0.4) is 0 Å². The van der Waals surface area contributed by atoms with Crippen molar-refractivity contribution in [2.75, 3.05) is 7.11 Å². The van der Waals surface area contributed by atoms with Gasteiger partial charge >= 0.3 is 5.69 Å². The van der Waals surface area contributed by atoms with Crippen LogP contribution in [0, 0.1) is 20.7 Å². The van der Waals surface area contributed by atoms with Gasteiger partial charge in [0.05, 0.1) is 24.4 Å². The number of nitro benzene ring substituents is 1. The van der Waals surface area contributed by atoms with Gasteiger partial charge in [-0.15, -0.1) is 0 Å². The summed E-state index contributed by atoms with van der Waals surface area (Å²) < 4.78 is 25.6. The second-order valence-corrected chi connectivity index (χ2v) is 7.19. The number of benzene rings is 2. The van der Waals surface area contributed by atoms with Crippen molar-refractivity contribution in [3.8, 4) is 11.5 Å². The third-order valence-electron chi connectivity index (χ3n) is 4.14. The van der Waals surface area contributed by atoms with Crippen molar-refractivity contribution in [3.05, 3.63) is 74.1 Å². The molecular formula is C20H20FN5O4S. The number of ether oxygens (including phenoxy) is 2. The molecule has 0 radical (unpaired) electrons. The third kappa shape index (κ3) is 5.31. The third-order valence-corrected chi connectivity index (χ3v) is 4.41. The van der Waals surface area contributed by atoms with Gasteiger partial charge in [-0.25, -0.2) is 4.39 Å². The van der Waals surface area contributed by atoms with Gasteiger partial charge in [0, 0.05) is 18.1 Å². The largest absolute Gasteiger partial charge is 0.493 e. The van der Waals surface area contributed by atoms with Crippen molar-refractivity contribution in [1.29, 1.82) is 0 Å². The van der Waals surface area contributed by atoms with Crippen LogP contribution in [0.15, 0.2) is 41.5 Å². The highest BCUT2D eigenvalue weighted by Crippen LogP contribution is 2.38. The van der Waals surface area contributed by atoms with Crippen LogP contribution in [-0.4, -0.2) is 39.2 Å². The molecule has 2 aromatic carbocycles. The van der Waals surface area contributed by atoms with Crippen molar-refractivity contribution >= 4 is 24.1 Å². The SMILES string of the molecule is COc1cc(/C=N\n2c(Cc3ccc(F)cc3)n[nH]c2=S)cc([N+](=O)[O-])c1OC(C)C. The van der Waals surface area contributed by atoms with E-state index in [0.29, 0.717) is 17.8 Å². The molecule has 9 nitrogen and oxygen atoms in total. The van der Waals surface area contributed by atoms with Crippen molar-refractivity contribution < 1.29 is 18.8 Å². The molecule has 0 aliphatic carbocycles. The van der Waals surface area contributed by atoms with Crippen molar-refractivity contribution in [3.63, 3.8) is 0 Å². The maximum Gasteiger partial charge on any atom is 0.315 e. The second-order valence-electron chi connectivity index (χ2n) is 6.80. The first kappa shape index (κ1) is 22.1. The Kier molecular flexibility index (Phi) is 6.75. The lowest BCUT2D eigenvalue weighted by molar-refractivity contribution is -0.386. The fourth-order valence-corrected chi connectivity index (χ4v) is 2.99. The minimum atomic E-state index is -0.541. The second kappa shape index (κ2) is 9.47. The quantitative estimate of drug-likeness (QED) is 0.240. The van der Waals surface area contributed by atoms with Gasteiger partial charge in [-0.2, -0.15) is 14.9 Å². The Morgan fingerprint density at radius 3 is 2.68 bits per heavy atom. The zero-order valence-electron chi connectivity index (χ0n) is 17.0. The molecule has 31 heavy (non-hydrogen) atoms. The van der Waals surface area contributed by atoms with E-state index >= 15 is 0 Å². The molecule has 0 saturated heterocycles. The van der Waals surface area contributed by atoms with Crippen molar-refractivity contribution in [2.24, 2.45) is 5.10 Å². The highest BCUT2D eigenvalue weighted by molar-refractivity contribution is 7.71. The number of hydrogen-bond acceptors (Lipinski definition) is 7. The smallest absolute Gasteiger partial charge is 0.315 e. The lowest BCUT2D eigenvalue weighted by Crippen LogP contribution is -2.09. The molecule has 1 N–H and O–H groups in total. The van der Waals surface area contributed by atoms with E-state index in [0.717, 1.165) is 5.56 Å². The molecule has 3 rings (SSSR count). The van der Waals surface area contributed by atoms with Crippen LogP contribution in [-0.2, 0) is 6.42 Å². The van der Waals surface area contributed by atoms with E-state index in [1.54, 1.807) is 32.0 Å². The molecule has 11 heteroatoms. The molecule has 1 aromatic heterocycles. The predicted octanol–water partition coefficient (Wildman–Crippen LogP) is 4.26. The summed E-state index contributed by atoms with van der Waals surface area (Å²) in [5, 5.41) is 22.7. The zero-order chi connectivity index (χ0) is 22.5. The summed E-state index contributed by atoms with van der Waals surface area (Å²) in [5.74, 6) is 0.429. The molecule has 0 atom stereocenters. The van der Waals surface area contributed by atoms with Crippen LogP contribution in [0.1, 0.15) is 30.8 Å². The summed E-state index contributed by atoms with van der Waals surface area (Å²) in [6.07, 6.45) is 1.49. The van der Waals surface area contributed by atoms with E-state index in [1.807, 2.05) is 0 Å². The van der Waals surface area contributed by atoms with Gasteiger partial charge in [0.1, 0.15) is 5.82 Å². The normalized spacial score (nSPS) is 11.3. The van der Waals surface area contributed by atoms with Crippen LogP contribution in [0.25, 0.3) is 0 Å². The van der Waals surface area contributed by atoms with Gasteiger partial charge in [0.25, 0.3) is 0 Å². The number of nitrogens with one attached hydrogen (secondary N) is 1. The van der Waals surface area contributed by atoms with Gasteiger partial charge in [0.2, 0.25) is 10.5 Å². The molecule has 0 unspecified atom stereocenters. The van der Waals surface area contributed by atoms with Crippen LogP contribution in [0.4, 0.5) is 10.1 Å². The Labute approximate surface area is 182 Å². The first-order chi connectivity index (χ1) is 14.8. The maximum atomic E-state index is 13.1. The maximum absolute atomic E-state index is 13.1. The predicted molar refractivity (Wildman–Crippen MR) is 115 cm³/mol. The number of halogens is 1. The number of rotatable bonds is 8. The van der Waals surface area contributed by atoms with Crippen molar-refractivity contribution in [1.82, 2.24) is 14.9 Å². The number of H-pyrrole nitrogens is 1. The van der Waals surface area contributed by atoms with E-state index in [4.69, 9.17) is 21.7 Å². The van der Waals surface area contributed by atoms with Crippen molar-refractivity contribution in [2.45, 2.75) is 26.4 Å². The number of hydrogen-bond donors (Lipinski definition) is 1. The average Bonchev–Trinajstić information content (AvgIpc) is 3.07.